The van der Waals surface area contributed by atoms with E-state index in [1.807, 2.05) is 24.3 Å². The number of piperidine rings is 1. The maximum atomic E-state index is 16.3. The molecule has 1 N–H and O–H groups in total. The lowest BCUT2D eigenvalue weighted by atomic mass is 9.85. The molecule has 0 radical (unpaired) electrons. The van der Waals surface area contributed by atoms with E-state index in [1.54, 1.807) is 32.5 Å². The summed E-state index contributed by atoms with van der Waals surface area (Å²) in [6.45, 7) is 7.84. The van der Waals surface area contributed by atoms with Gasteiger partial charge in [0.25, 0.3) is 5.91 Å². The molecular weight excluding hydrogens is 590 g/mol. The summed E-state index contributed by atoms with van der Waals surface area (Å²) in [5.41, 5.74) is -1.45. The number of hydrogen-bond acceptors (Lipinski definition) is 6. The molecule has 1 aliphatic rings. The number of benzene rings is 2. The van der Waals surface area contributed by atoms with Gasteiger partial charge in [0.05, 0.1) is 17.5 Å². The second-order valence-electron chi connectivity index (χ2n) is 12.1. The van der Waals surface area contributed by atoms with Gasteiger partial charge in [0.2, 0.25) is 10.0 Å². The lowest BCUT2D eigenvalue weighted by Gasteiger charge is -2.37. The maximum absolute atomic E-state index is 16.3. The average molecular weight is 636 g/mol. The Morgan fingerprint density at radius 1 is 1.05 bits per heavy atom. The van der Waals surface area contributed by atoms with Crippen LogP contribution in [0.2, 0.25) is 0 Å². The summed E-state index contributed by atoms with van der Waals surface area (Å²) in [7, 11) is -2.33. The highest BCUT2D eigenvalue weighted by molar-refractivity contribution is 7.99. The first-order valence-corrected chi connectivity index (χ1v) is 17.8. The molecule has 0 unspecified atom stereocenters. The molecule has 2 aromatic rings. The van der Waals surface area contributed by atoms with Gasteiger partial charge in [-0.05, 0) is 74.9 Å². The van der Waals surface area contributed by atoms with E-state index in [4.69, 9.17) is 4.74 Å². The fraction of sp³-hybridized carbons (Fsp3) is 0.562. The Hall–Kier alpha value is -2.79. The lowest BCUT2D eigenvalue weighted by Crippen LogP contribution is -2.45. The number of unbranched alkanes of at least 4 members (excludes halogenated alkanes) is 4. The summed E-state index contributed by atoms with van der Waals surface area (Å²) in [5, 5.41) is 2.85. The fourth-order valence-corrected chi connectivity index (χ4v) is 6.27. The smallest absolute Gasteiger partial charge is 0.410 e. The maximum Gasteiger partial charge on any atom is 0.410 e. The number of amides is 2. The molecule has 0 bridgehead atoms. The molecule has 0 saturated carbocycles. The first-order chi connectivity index (χ1) is 20.1. The van der Waals surface area contributed by atoms with Crippen molar-refractivity contribution in [2.24, 2.45) is 0 Å². The van der Waals surface area contributed by atoms with Crippen LogP contribution in [0.25, 0.3) is 0 Å². The molecule has 0 atom stereocenters. The third kappa shape index (κ3) is 10.1. The first kappa shape index (κ1) is 34.7. The highest BCUT2D eigenvalue weighted by Gasteiger charge is 2.39. The van der Waals surface area contributed by atoms with Crippen molar-refractivity contribution < 1.29 is 27.1 Å². The van der Waals surface area contributed by atoms with Crippen molar-refractivity contribution in [1.29, 1.82) is 0 Å². The van der Waals surface area contributed by atoms with Gasteiger partial charge in [0.15, 0.2) is 0 Å². The molecule has 0 spiro atoms. The second kappa shape index (κ2) is 14.8. The van der Waals surface area contributed by atoms with Crippen LogP contribution in [0.15, 0.2) is 47.4 Å². The number of nitrogens with zero attached hydrogens (tertiary/aromatic N) is 2. The van der Waals surface area contributed by atoms with Gasteiger partial charge in [-0.3, -0.25) is 9.10 Å². The van der Waals surface area contributed by atoms with Crippen molar-refractivity contribution in [2.45, 2.75) is 88.8 Å². The lowest BCUT2D eigenvalue weighted by molar-refractivity contribution is 0.00220. The predicted octanol–water partition coefficient (Wildman–Crippen LogP) is 7.59. The highest BCUT2D eigenvalue weighted by atomic mass is 32.2. The molecule has 1 saturated heterocycles. The van der Waals surface area contributed by atoms with E-state index in [-0.39, 0.29) is 42.7 Å². The highest BCUT2D eigenvalue weighted by Crippen LogP contribution is 2.39. The summed E-state index contributed by atoms with van der Waals surface area (Å²) in [6, 6.07) is 11.9. The number of anilines is 2. The fourth-order valence-electron chi connectivity index (χ4n) is 4.84. The zero-order valence-corrected chi connectivity index (χ0v) is 27.9. The number of nitrogens with one attached hydrogen (secondary N) is 1. The van der Waals surface area contributed by atoms with Gasteiger partial charge >= 0.3 is 6.09 Å². The Bertz CT molecular complexity index is 1350. The number of rotatable bonds is 12. The van der Waals surface area contributed by atoms with Crippen LogP contribution in [0.4, 0.5) is 20.6 Å². The molecule has 11 heteroatoms. The van der Waals surface area contributed by atoms with Gasteiger partial charge in [0, 0.05) is 43.6 Å². The van der Waals surface area contributed by atoms with Gasteiger partial charge in [-0.15, -0.1) is 11.8 Å². The van der Waals surface area contributed by atoms with E-state index < -0.39 is 33.3 Å². The quantitative estimate of drug-likeness (QED) is 0.191. The Labute approximate surface area is 260 Å². The number of halogens is 1. The molecule has 1 aliphatic heterocycles. The zero-order valence-electron chi connectivity index (χ0n) is 26.2. The minimum Gasteiger partial charge on any atom is -0.444 e. The van der Waals surface area contributed by atoms with Crippen LogP contribution in [0.1, 0.15) is 88.6 Å². The Kier molecular flexibility index (Phi) is 11.9. The molecule has 2 amide bonds. The van der Waals surface area contributed by atoms with Crippen molar-refractivity contribution in [3.8, 4) is 0 Å². The normalized spacial score (nSPS) is 15.2. The van der Waals surface area contributed by atoms with Gasteiger partial charge < -0.3 is 15.0 Å². The molecule has 0 aromatic heterocycles. The summed E-state index contributed by atoms with van der Waals surface area (Å²) >= 11 is 1.77. The van der Waals surface area contributed by atoms with Gasteiger partial charge in [-0.25, -0.2) is 17.6 Å². The number of likely N-dealkylation sites (tertiary alicyclic amines) is 1. The topological polar surface area (TPSA) is 96.0 Å². The van der Waals surface area contributed by atoms with Gasteiger partial charge in [-0.2, -0.15) is 0 Å². The summed E-state index contributed by atoms with van der Waals surface area (Å²) in [6.07, 6.45) is 6.73. The summed E-state index contributed by atoms with van der Waals surface area (Å²) in [4.78, 5) is 28.6. The van der Waals surface area contributed by atoms with Crippen LogP contribution in [0, 0.1) is 0 Å². The zero-order chi connectivity index (χ0) is 31.8. The summed E-state index contributed by atoms with van der Waals surface area (Å²) < 4.78 is 47.5. The van der Waals surface area contributed by atoms with Crippen molar-refractivity contribution in [2.75, 3.05) is 41.8 Å². The number of alkyl halides is 1. The SMILES string of the molecule is CCCCCCCSc1ccc(NC(=O)c2cc(C3(F)CCN(C(=O)OC(C)(C)C)CC3)ccc2N(C)S(C)(=O)=O)cc1. The van der Waals surface area contributed by atoms with Crippen molar-refractivity contribution in [3.63, 3.8) is 0 Å². The van der Waals surface area contributed by atoms with Crippen molar-refractivity contribution >= 4 is 45.2 Å². The molecule has 1 heterocycles. The minimum atomic E-state index is -3.69. The second-order valence-corrected chi connectivity index (χ2v) is 15.3. The molecule has 43 heavy (non-hydrogen) atoms. The number of carbonyl (C=O) groups excluding carboxylic acids is 2. The van der Waals surface area contributed by atoms with E-state index in [0.29, 0.717) is 5.69 Å². The van der Waals surface area contributed by atoms with Gasteiger partial charge in [0.1, 0.15) is 11.3 Å². The van der Waals surface area contributed by atoms with Crippen LogP contribution < -0.4 is 9.62 Å². The van der Waals surface area contributed by atoms with Gasteiger partial charge in [-0.1, -0.05) is 38.7 Å². The molecule has 3 rings (SSSR count). The van der Waals surface area contributed by atoms with E-state index in [9.17, 15) is 18.0 Å². The van der Waals surface area contributed by atoms with E-state index in [0.717, 1.165) is 27.6 Å². The average Bonchev–Trinajstić information content (AvgIpc) is 2.94. The Balaban J connectivity index is 1.76. The third-order valence-corrected chi connectivity index (χ3v) is 9.72. The van der Waals surface area contributed by atoms with Crippen LogP contribution in [-0.2, 0) is 20.4 Å². The molecular formula is C32H46FN3O5S2. The van der Waals surface area contributed by atoms with Crippen LogP contribution in [-0.4, -0.2) is 63.1 Å². The molecule has 0 aliphatic carbocycles. The van der Waals surface area contributed by atoms with E-state index in [2.05, 4.69) is 12.2 Å². The standard InChI is InChI=1S/C32H46FN3O5S2/c1-7-8-9-10-11-22-42-26-15-13-25(14-16-26)34-29(37)27-23-24(12-17-28(27)35(5)43(6,39)40)32(33)18-20-36(21-19-32)30(38)41-31(2,3)4/h12-17,23H,7-11,18-22H2,1-6H3,(H,34,37). The molecule has 2 aromatic carbocycles. The van der Waals surface area contributed by atoms with Crippen molar-refractivity contribution in [1.82, 2.24) is 4.90 Å². The molecule has 1 fully saturated rings. The number of carbonyl (C=O) groups is 2. The van der Waals surface area contributed by atoms with Crippen LogP contribution in [0.3, 0.4) is 0 Å². The number of ether oxygens (including phenoxy) is 1. The van der Waals surface area contributed by atoms with E-state index in [1.165, 1.54) is 55.8 Å². The largest absolute Gasteiger partial charge is 0.444 e. The van der Waals surface area contributed by atoms with E-state index >= 15 is 4.39 Å². The van der Waals surface area contributed by atoms with Crippen molar-refractivity contribution in [3.05, 3.63) is 53.6 Å². The summed E-state index contributed by atoms with van der Waals surface area (Å²) in [5.74, 6) is 0.489. The minimum absolute atomic E-state index is 0.0201. The number of sulfonamides is 1. The molecule has 238 valence electrons. The number of thioether (sulfide) groups is 1. The number of hydrogen-bond donors (Lipinski definition) is 1. The Morgan fingerprint density at radius 2 is 1.67 bits per heavy atom. The van der Waals surface area contributed by atoms with Crippen LogP contribution >= 0.6 is 11.8 Å². The Morgan fingerprint density at radius 3 is 2.26 bits per heavy atom. The van der Waals surface area contributed by atoms with Crippen LogP contribution in [0.5, 0.6) is 0 Å². The monoisotopic (exact) mass is 635 g/mol. The molecule has 8 nitrogen and oxygen atoms in total. The predicted molar refractivity (Wildman–Crippen MR) is 173 cm³/mol. The third-order valence-electron chi connectivity index (χ3n) is 7.43. The first-order valence-electron chi connectivity index (χ1n) is 14.9.